The molecular weight excluding hydrogens is 378 g/mol. The zero-order valence-electron chi connectivity index (χ0n) is 17.9. The van der Waals surface area contributed by atoms with Crippen LogP contribution in [0.5, 0.6) is 17.2 Å². The van der Waals surface area contributed by atoms with E-state index >= 15 is 0 Å². The molecule has 0 radical (unpaired) electrons. The standard InChI is InChI=1S/C24H28N3O3/c1-17-7-10-26-20(13-17)21-14-18(8-11-27(21)12-9-25)5-6-19-15-23(29-3)24(30-4)16-22(19)28-2/h5-8,10-11,13-16H,9,12,25H2,1-4H3/q+1/b6-5+. The fourth-order valence-electron chi connectivity index (χ4n) is 3.25. The molecule has 0 saturated heterocycles. The molecule has 3 aromatic rings. The van der Waals surface area contributed by atoms with E-state index in [-0.39, 0.29) is 0 Å². The maximum absolute atomic E-state index is 5.80. The minimum Gasteiger partial charge on any atom is -0.496 e. The van der Waals surface area contributed by atoms with Gasteiger partial charge in [-0.1, -0.05) is 12.2 Å². The van der Waals surface area contributed by atoms with E-state index in [4.69, 9.17) is 19.9 Å². The van der Waals surface area contributed by atoms with E-state index in [1.54, 1.807) is 21.3 Å². The van der Waals surface area contributed by atoms with Crippen molar-refractivity contribution in [1.82, 2.24) is 4.98 Å². The minimum atomic E-state index is 0.557. The molecule has 3 rings (SSSR count). The molecule has 0 aliphatic heterocycles. The van der Waals surface area contributed by atoms with Gasteiger partial charge in [-0.05, 0) is 36.2 Å². The van der Waals surface area contributed by atoms with E-state index in [2.05, 4.69) is 34.7 Å². The number of hydrogen-bond acceptors (Lipinski definition) is 5. The van der Waals surface area contributed by atoms with E-state index in [0.29, 0.717) is 23.8 Å². The summed E-state index contributed by atoms with van der Waals surface area (Å²) in [6, 6.07) is 12.0. The van der Waals surface area contributed by atoms with Crippen LogP contribution in [0.3, 0.4) is 0 Å². The molecule has 2 heterocycles. The Bertz CT molecular complexity index is 1050. The molecule has 6 heteroatoms. The maximum Gasteiger partial charge on any atom is 0.231 e. The molecule has 0 atom stereocenters. The van der Waals surface area contributed by atoms with Crippen molar-refractivity contribution in [3.63, 3.8) is 0 Å². The van der Waals surface area contributed by atoms with Gasteiger partial charge in [0.15, 0.2) is 24.2 Å². The van der Waals surface area contributed by atoms with Gasteiger partial charge >= 0.3 is 0 Å². The zero-order chi connectivity index (χ0) is 21.5. The SMILES string of the molecule is COc1cc(OC)c(OC)cc1/C=C/c1cc[n+](CCN)c(-c2cc(C)ccn2)c1. The maximum atomic E-state index is 5.80. The molecule has 0 aliphatic rings. The molecular formula is C24H28N3O3+. The summed E-state index contributed by atoms with van der Waals surface area (Å²) in [5.74, 6) is 1.98. The Balaban J connectivity index is 2.01. The second-order valence-corrected chi connectivity index (χ2v) is 6.83. The molecule has 1 aromatic carbocycles. The molecule has 0 amide bonds. The predicted molar refractivity (Wildman–Crippen MR) is 119 cm³/mol. The average Bonchev–Trinajstić information content (AvgIpc) is 2.77. The number of rotatable bonds is 8. The third kappa shape index (κ3) is 4.78. The number of ether oxygens (including phenoxy) is 3. The van der Waals surface area contributed by atoms with Gasteiger partial charge in [-0.15, -0.1) is 0 Å². The Morgan fingerprint density at radius 3 is 2.33 bits per heavy atom. The van der Waals surface area contributed by atoms with E-state index in [1.807, 2.05) is 42.7 Å². The van der Waals surface area contributed by atoms with Crippen LogP contribution in [0, 0.1) is 6.92 Å². The van der Waals surface area contributed by atoms with E-state index in [0.717, 1.165) is 34.6 Å². The van der Waals surface area contributed by atoms with Crippen LogP contribution < -0.4 is 24.5 Å². The number of nitrogens with zero attached hydrogens (tertiary/aromatic N) is 2. The van der Waals surface area contributed by atoms with E-state index in [9.17, 15) is 0 Å². The molecule has 156 valence electrons. The lowest BCUT2D eigenvalue weighted by Crippen LogP contribution is -2.39. The van der Waals surface area contributed by atoms with Crippen molar-refractivity contribution in [2.45, 2.75) is 13.5 Å². The predicted octanol–water partition coefficient (Wildman–Crippen LogP) is 3.50. The van der Waals surface area contributed by atoms with Crippen LogP contribution in [0.4, 0.5) is 0 Å². The molecule has 0 spiro atoms. The summed E-state index contributed by atoms with van der Waals surface area (Å²) < 4.78 is 18.4. The zero-order valence-corrected chi connectivity index (χ0v) is 17.9. The monoisotopic (exact) mass is 406 g/mol. The van der Waals surface area contributed by atoms with Gasteiger partial charge in [-0.25, -0.2) is 4.98 Å². The number of aryl methyl sites for hydroxylation is 1. The Hall–Kier alpha value is -3.38. The molecule has 2 aromatic heterocycles. The van der Waals surface area contributed by atoms with Gasteiger partial charge in [0, 0.05) is 30.0 Å². The van der Waals surface area contributed by atoms with Crippen LogP contribution in [0.2, 0.25) is 0 Å². The van der Waals surface area contributed by atoms with Crippen molar-refractivity contribution in [1.29, 1.82) is 0 Å². The fourth-order valence-corrected chi connectivity index (χ4v) is 3.25. The molecule has 2 N–H and O–H groups in total. The van der Waals surface area contributed by atoms with Crippen LogP contribution in [0.15, 0.2) is 48.8 Å². The Morgan fingerprint density at radius 2 is 1.67 bits per heavy atom. The first-order valence-corrected chi connectivity index (χ1v) is 9.74. The molecule has 0 aliphatic carbocycles. The second-order valence-electron chi connectivity index (χ2n) is 6.83. The van der Waals surface area contributed by atoms with Crippen molar-refractivity contribution in [2.24, 2.45) is 5.73 Å². The lowest BCUT2D eigenvalue weighted by atomic mass is 10.1. The average molecular weight is 407 g/mol. The van der Waals surface area contributed by atoms with Crippen molar-refractivity contribution in [2.75, 3.05) is 27.9 Å². The Kier molecular flexibility index (Phi) is 7.03. The fraction of sp³-hybridized carbons (Fsp3) is 0.250. The summed E-state index contributed by atoms with van der Waals surface area (Å²) in [6.45, 7) is 3.34. The van der Waals surface area contributed by atoms with Gasteiger partial charge in [0.1, 0.15) is 11.4 Å². The van der Waals surface area contributed by atoms with Gasteiger partial charge in [0.25, 0.3) is 0 Å². The summed E-state index contributed by atoms with van der Waals surface area (Å²) in [4.78, 5) is 4.55. The lowest BCUT2D eigenvalue weighted by Gasteiger charge is -2.12. The number of aromatic nitrogens is 2. The summed E-state index contributed by atoms with van der Waals surface area (Å²) >= 11 is 0. The second kappa shape index (κ2) is 9.89. The summed E-state index contributed by atoms with van der Waals surface area (Å²) in [7, 11) is 4.86. The molecule has 0 saturated carbocycles. The number of benzene rings is 1. The highest BCUT2D eigenvalue weighted by atomic mass is 16.5. The third-order valence-electron chi connectivity index (χ3n) is 4.80. The quantitative estimate of drug-likeness (QED) is 0.580. The first-order chi connectivity index (χ1) is 14.6. The highest BCUT2D eigenvalue weighted by Crippen LogP contribution is 2.35. The normalized spacial score (nSPS) is 11.0. The molecule has 6 nitrogen and oxygen atoms in total. The minimum absolute atomic E-state index is 0.557. The van der Waals surface area contributed by atoms with Crippen LogP contribution in [-0.2, 0) is 6.54 Å². The first kappa shape index (κ1) is 21.3. The van der Waals surface area contributed by atoms with Crippen LogP contribution in [-0.4, -0.2) is 32.9 Å². The van der Waals surface area contributed by atoms with Crippen molar-refractivity contribution >= 4 is 12.2 Å². The summed E-state index contributed by atoms with van der Waals surface area (Å²) in [5, 5.41) is 0. The van der Waals surface area contributed by atoms with Crippen LogP contribution in [0.1, 0.15) is 16.7 Å². The van der Waals surface area contributed by atoms with Crippen LogP contribution >= 0.6 is 0 Å². The van der Waals surface area contributed by atoms with Crippen molar-refractivity contribution in [3.05, 3.63) is 65.5 Å². The smallest absolute Gasteiger partial charge is 0.231 e. The summed E-state index contributed by atoms with van der Waals surface area (Å²) in [5.41, 5.74) is 10.8. The van der Waals surface area contributed by atoms with Gasteiger partial charge < -0.3 is 19.9 Å². The number of hydrogen-bond donors (Lipinski definition) is 1. The topological polar surface area (TPSA) is 70.5 Å². The third-order valence-corrected chi connectivity index (χ3v) is 4.80. The van der Waals surface area contributed by atoms with Gasteiger partial charge in [0.05, 0.1) is 27.9 Å². The Labute approximate surface area is 177 Å². The molecule has 0 fully saturated rings. The van der Waals surface area contributed by atoms with E-state index < -0.39 is 0 Å². The molecule has 0 bridgehead atoms. The highest BCUT2D eigenvalue weighted by Gasteiger charge is 2.15. The molecule has 30 heavy (non-hydrogen) atoms. The largest absolute Gasteiger partial charge is 0.496 e. The van der Waals surface area contributed by atoms with Crippen LogP contribution in [0.25, 0.3) is 23.5 Å². The molecule has 0 unspecified atom stereocenters. The highest BCUT2D eigenvalue weighted by molar-refractivity contribution is 5.75. The summed E-state index contributed by atoms with van der Waals surface area (Å²) in [6.07, 6.45) is 7.90. The number of methoxy groups -OCH3 is 3. The Morgan fingerprint density at radius 1 is 0.933 bits per heavy atom. The number of nitrogens with two attached hydrogens (primary N) is 1. The lowest BCUT2D eigenvalue weighted by molar-refractivity contribution is -0.683. The van der Waals surface area contributed by atoms with Gasteiger partial charge in [-0.2, -0.15) is 4.57 Å². The first-order valence-electron chi connectivity index (χ1n) is 9.74. The van der Waals surface area contributed by atoms with Gasteiger partial charge in [0.2, 0.25) is 5.69 Å². The van der Waals surface area contributed by atoms with Crippen molar-refractivity contribution in [3.8, 4) is 28.6 Å². The van der Waals surface area contributed by atoms with Crippen molar-refractivity contribution < 1.29 is 18.8 Å². The number of pyridine rings is 2. The van der Waals surface area contributed by atoms with Gasteiger partial charge in [-0.3, -0.25) is 0 Å². The van der Waals surface area contributed by atoms with E-state index in [1.165, 1.54) is 0 Å².